The van der Waals surface area contributed by atoms with E-state index in [0.717, 1.165) is 17.8 Å². The number of nitrogens with one attached hydrogen (secondary N) is 1. The Kier molecular flexibility index (Phi) is 5.55. The average Bonchev–Trinajstić information content (AvgIpc) is 2.60. The summed E-state index contributed by atoms with van der Waals surface area (Å²) in [5.41, 5.74) is 3.34. The van der Waals surface area contributed by atoms with Gasteiger partial charge in [0.15, 0.2) is 0 Å². The number of nitrogens with zero attached hydrogens (tertiary/aromatic N) is 2. The Bertz CT molecular complexity index is 520. The van der Waals surface area contributed by atoms with Crippen LogP contribution in [0.25, 0.3) is 0 Å². The number of hydrogen-bond acceptors (Lipinski definition) is 4. The molecule has 1 N–H and O–H groups in total. The summed E-state index contributed by atoms with van der Waals surface area (Å²) in [6.07, 6.45) is 1.48. The van der Waals surface area contributed by atoms with Crippen molar-refractivity contribution in [1.82, 2.24) is 15.1 Å². The zero-order valence-electron chi connectivity index (χ0n) is 12.5. The molecule has 0 bridgehead atoms. The van der Waals surface area contributed by atoms with Crippen molar-refractivity contribution in [3.8, 4) is 0 Å². The fourth-order valence-corrected chi connectivity index (χ4v) is 3.27. The molecule has 0 aliphatic heterocycles. The van der Waals surface area contributed by atoms with Gasteiger partial charge in [-0.2, -0.15) is 5.10 Å². The highest BCUT2D eigenvalue weighted by atomic mass is 32.2. The maximum atomic E-state index is 11.5. The lowest BCUT2D eigenvalue weighted by molar-refractivity contribution is 0.530. The minimum Gasteiger partial charge on any atom is -0.313 e. The van der Waals surface area contributed by atoms with Crippen molar-refractivity contribution in [2.45, 2.75) is 39.7 Å². The molecule has 6 heteroatoms. The van der Waals surface area contributed by atoms with Crippen LogP contribution in [0.4, 0.5) is 0 Å². The molecule has 1 heterocycles. The van der Waals surface area contributed by atoms with Crippen molar-refractivity contribution in [2.24, 2.45) is 7.05 Å². The molecule has 19 heavy (non-hydrogen) atoms. The van der Waals surface area contributed by atoms with E-state index < -0.39 is 9.84 Å². The Balaban J connectivity index is 2.74. The maximum Gasteiger partial charge on any atom is 0.150 e. The second-order valence-corrected chi connectivity index (χ2v) is 7.40. The van der Waals surface area contributed by atoms with E-state index >= 15 is 0 Å². The molecule has 5 nitrogen and oxygen atoms in total. The van der Waals surface area contributed by atoms with Gasteiger partial charge < -0.3 is 5.32 Å². The lowest BCUT2D eigenvalue weighted by Gasteiger charge is -2.17. The van der Waals surface area contributed by atoms with E-state index in [4.69, 9.17) is 0 Å². The lowest BCUT2D eigenvalue weighted by atomic mass is 10.0. The van der Waals surface area contributed by atoms with Crippen LogP contribution in [0.2, 0.25) is 0 Å². The van der Waals surface area contributed by atoms with Gasteiger partial charge in [0, 0.05) is 30.1 Å². The first-order chi connectivity index (χ1) is 8.82. The van der Waals surface area contributed by atoms with E-state index in [0.29, 0.717) is 6.42 Å². The number of rotatable bonds is 7. The van der Waals surface area contributed by atoms with Crippen molar-refractivity contribution in [2.75, 3.05) is 18.6 Å². The molecule has 0 saturated carbocycles. The van der Waals surface area contributed by atoms with Gasteiger partial charge in [-0.3, -0.25) is 4.68 Å². The van der Waals surface area contributed by atoms with E-state index in [2.05, 4.69) is 10.4 Å². The fraction of sp³-hybridized carbons (Fsp3) is 0.769. The summed E-state index contributed by atoms with van der Waals surface area (Å²) in [6.45, 7) is 5.73. The third-order valence-electron chi connectivity index (χ3n) is 3.65. The van der Waals surface area contributed by atoms with Crippen molar-refractivity contribution in [3.63, 3.8) is 0 Å². The summed E-state index contributed by atoms with van der Waals surface area (Å²) in [5.74, 6) is 0.488. The molecule has 1 atom stereocenters. The predicted octanol–water partition coefficient (Wildman–Crippen LogP) is 1.51. The van der Waals surface area contributed by atoms with Crippen molar-refractivity contribution >= 4 is 9.84 Å². The summed E-state index contributed by atoms with van der Waals surface area (Å²) in [5, 5.41) is 7.68. The van der Waals surface area contributed by atoms with Crippen LogP contribution in [0.15, 0.2) is 0 Å². The van der Waals surface area contributed by atoms with Crippen molar-refractivity contribution in [3.05, 3.63) is 17.0 Å². The molecule has 0 aromatic carbocycles. The largest absolute Gasteiger partial charge is 0.313 e. The third-order valence-corrected chi connectivity index (χ3v) is 5.44. The van der Waals surface area contributed by atoms with Gasteiger partial charge in [0.2, 0.25) is 0 Å². The van der Waals surface area contributed by atoms with Crippen molar-refractivity contribution in [1.29, 1.82) is 0 Å². The zero-order valence-corrected chi connectivity index (χ0v) is 13.3. The van der Waals surface area contributed by atoms with E-state index in [1.807, 2.05) is 32.6 Å². The fourth-order valence-electron chi connectivity index (χ4n) is 2.38. The van der Waals surface area contributed by atoms with Gasteiger partial charge in [0.05, 0.1) is 11.4 Å². The molecule has 110 valence electrons. The van der Waals surface area contributed by atoms with Crippen LogP contribution in [0.1, 0.15) is 42.8 Å². The summed E-state index contributed by atoms with van der Waals surface area (Å²) in [6, 6.07) is 0.167. The van der Waals surface area contributed by atoms with Crippen LogP contribution < -0.4 is 5.32 Å². The van der Waals surface area contributed by atoms with E-state index in [1.165, 1.54) is 5.56 Å². The highest BCUT2D eigenvalue weighted by Crippen LogP contribution is 2.24. The van der Waals surface area contributed by atoms with Crippen LogP contribution in [0.5, 0.6) is 0 Å². The molecule has 0 fully saturated rings. The zero-order chi connectivity index (χ0) is 14.6. The van der Waals surface area contributed by atoms with Crippen LogP contribution in [0, 0.1) is 13.8 Å². The molecule has 1 unspecified atom stereocenters. The summed E-state index contributed by atoms with van der Waals surface area (Å²) in [4.78, 5) is 0. The smallest absolute Gasteiger partial charge is 0.150 e. The third kappa shape index (κ3) is 4.04. The second kappa shape index (κ2) is 6.52. The molecule has 1 aromatic heterocycles. The molecule has 0 radical (unpaired) electrons. The second-order valence-electron chi connectivity index (χ2n) is 4.93. The number of hydrogen-bond donors (Lipinski definition) is 1. The van der Waals surface area contributed by atoms with Gasteiger partial charge >= 0.3 is 0 Å². The summed E-state index contributed by atoms with van der Waals surface area (Å²) >= 11 is 0. The Morgan fingerprint density at radius 1 is 1.37 bits per heavy atom. The summed E-state index contributed by atoms with van der Waals surface area (Å²) < 4.78 is 24.9. The van der Waals surface area contributed by atoms with Gasteiger partial charge in [-0.25, -0.2) is 8.42 Å². The molecule has 0 saturated heterocycles. The first-order valence-electron chi connectivity index (χ1n) is 6.70. The van der Waals surface area contributed by atoms with Gasteiger partial charge in [0.25, 0.3) is 0 Å². The Morgan fingerprint density at radius 3 is 2.42 bits per heavy atom. The SMILES string of the molecule is CCS(=O)(=O)CCCC(NC)c1c(C)nn(C)c1C. The Morgan fingerprint density at radius 2 is 2.00 bits per heavy atom. The topological polar surface area (TPSA) is 64.0 Å². The van der Waals surface area contributed by atoms with E-state index in [-0.39, 0.29) is 17.5 Å². The van der Waals surface area contributed by atoms with Crippen LogP contribution in [0.3, 0.4) is 0 Å². The monoisotopic (exact) mass is 287 g/mol. The van der Waals surface area contributed by atoms with Gasteiger partial charge in [-0.1, -0.05) is 6.92 Å². The molecular formula is C13H25N3O2S. The number of sulfone groups is 1. The average molecular weight is 287 g/mol. The predicted molar refractivity (Wildman–Crippen MR) is 78.0 cm³/mol. The van der Waals surface area contributed by atoms with E-state index in [1.54, 1.807) is 6.92 Å². The van der Waals surface area contributed by atoms with Gasteiger partial charge in [0.1, 0.15) is 9.84 Å². The molecule has 0 aliphatic carbocycles. The molecule has 0 amide bonds. The van der Waals surface area contributed by atoms with Gasteiger partial charge in [-0.05, 0) is 33.7 Å². The molecule has 0 aliphatic rings. The number of aryl methyl sites for hydroxylation is 2. The van der Waals surface area contributed by atoms with Gasteiger partial charge in [-0.15, -0.1) is 0 Å². The minimum absolute atomic E-state index is 0.167. The Labute approximate surface area is 116 Å². The van der Waals surface area contributed by atoms with E-state index in [9.17, 15) is 8.42 Å². The summed E-state index contributed by atoms with van der Waals surface area (Å²) in [7, 11) is 0.969. The molecule has 1 aromatic rings. The van der Waals surface area contributed by atoms with Crippen LogP contribution >= 0.6 is 0 Å². The first-order valence-corrected chi connectivity index (χ1v) is 8.52. The van der Waals surface area contributed by atoms with Crippen LogP contribution in [-0.2, 0) is 16.9 Å². The highest BCUT2D eigenvalue weighted by Gasteiger charge is 2.19. The highest BCUT2D eigenvalue weighted by molar-refractivity contribution is 7.91. The number of aromatic nitrogens is 2. The standard InChI is InChI=1S/C13H25N3O2S/c1-6-19(17,18)9-7-8-12(14-4)13-10(2)15-16(5)11(13)3/h12,14H,6-9H2,1-5H3. The molecular weight excluding hydrogens is 262 g/mol. The lowest BCUT2D eigenvalue weighted by Crippen LogP contribution is -2.19. The maximum absolute atomic E-state index is 11.5. The van der Waals surface area contributed by atoms with Crippen molar-refractivity contribution < 1.29 is 8.42 Å². The quantitative estimate of drug-likeness (QED) is 0.825. The minimum atomic E-state index is -2.87. The molecule has 1 rings (SSSR count). The first kappa shape index (κ1) is 16.2. The molecule has 0 spiro atoms. The van der Waals surface area contributed by atoms with Crippen LogP contribution in [-0.4, -0.2) is 36.8 Å². The normalized spacial score (nSPS) is 13.7. The Hall–Kier alpha value is -0.880.